The summed E-state index contributed by atoms with van der Waals surface area (Å²) >= 11 is 0. The van der Waals surface area contributed by atoms with Crippen LogP contribution in [0.2, 0.25) is 0 Å². The molecule has 0 radical (unpaired) electrons. The van der Waals surface area contributed by atoms with E-state index < -0.39 is 33.8 Å². The van der Waals surface area contributed by atoms with E-state index in [0.29, 0.717) is 29.2 Å². The van der Waals surface area contributed by atoms with E-state index in [9.17, 15) is 31.5 Å². The van der Waals surface area contributed by atoms with Gasteiger partial charge in [0.2, 0.25) is 15.9 Å². The number of hydrogen-bond donors (Lipinski definition) is 1. The van der Waals surface area contributed by atoms with Crippen LogP contribution in [-0.4, -0.2) is 41.4 Å². The molecule has 1 aliphatic heterocycles. The van der Waals surface area contributed by atoms with E-state index in [1.165, 1.54) is 36.4 Å². The third-order valence-electron chi connectivity index (χ3n) is 5.65. The Morgan fingerprint density at radius 3 is 2.43 bits per heavy atom. The van der Waals surface area contributed by atoms with Gasteiger partial charge in [-0.1, -0.05) is 0 Å². The number of aromatic nitrogens is 1. The first kappa shape index (κ1) is 24.7. The molecule has 4 rings (SSSR count). The van der Waals surface area contributed by atoms with Gasteiger partial charge < -0.3 is 14.3 Å². The van der Waals surface area contributed by atoms with E-state index in [0.717, 1.165) is 16.4 Å². The van der Waals surface area contributed by atoms with Crippen molar-refractivity contribution in [2.45, 2.75) is 43.5 Å². The molecule has 35 heavy (non-hydrogen) atoms. The summed E-state index contributed by atoms with van der Waals surface area (Å²) in [7, 11) is -3.96. The second-order valence-electron chi connectivity index (χ2n) is 7.97. The average Bonchev–Trinajstić information content (AvgIpc) is 3.45. The predicted octanol–water partition coefficient (Wildman–Crippen LogP) is 4.49. The maximum Gasteiger partial charge on any atom is 0.416 e. The number of hydrogen-bond acceptors (Lipinski definition) is 6. The standard InChI is InChI=1S/C23H21F3N2O6S/c1-14-19(27-21(34-14)15-4-6-16(7-5-15)23(24,25)26)13-33-17-8-10-18(11-9-17)35(31,32)28-12-2-3-20(28)22(29)30/h4-11,20H,2-3,12-13H2,1H3,(H,29,30)/t20-/m1/s1. The number of benzene rings is 2. The molecule has 0 spiro atoms. The molecule has 8 nitrogen and oxygen atoms in total. The van der Waals surface area contributed by atoms with E-state index in [-0.39, 0.29) is 30.4 Å². The Hall–Kier alpha value is -3.38. The Morgan fingerprint density at radius 1 is 1.17 bits per heavy atom. The second kappa shape index (κ2) is 9.34. The molecule has 1 aromatic heterocycles. The number of alkyl halides is 3. The van der Waals surface area contributed by atoms with Gasteiger partial charge in [-0.05, 0) is 68.3 Å². The SMILES string of the molecule is Cc1oc(-c2ccc(C(F)(F)F)cc2)nc1COc1ccc(S(=O)(=O)N2CCC[C@@H]2C(=O)O)cc1. The molecular weight excluding hydrogens is 489 g/mol. The molecule has 0 amide bonds. The minimum atomic E-state index is -4.44. The molecule has 0 unspecified atom stereocenters. The van der Waals surface area contributed by atoms with E-state index in [4.69, 9.17) is 9.15 Å². The summed E-state index contributed by atoms with van der Waals surface area (Å²) in [5.41, 5.74) is 0.0307. The second-order valence-corrected chi connectivity index (χ2v) is 9.86. The van der Waals surface area contributed by atoms with Crippen LogP contribution in [0.5, 0.6) is 5.75 Å². The van der Waals surface area contributed by atoms with Crippen LogP contribution in [0.1, 0.15) is 29.9 Å². The van der Waals surface area contributed by atoms with Crippen LogP contribution in [-0.2, 0) is 27.6 Å². The lowest BCUT2D eigenvalue weighted by Crippen LogP contribution is -2.40. The van der Waals surface area contributed by atoms with Gasteiger partial charge in [0.1, 0.15) is 29.9 Å². The molecule has 12 heteroatoms. The van der Waals surface area contributed by atoms with Crippen LogP contribution >= 0.6 is 0 Å². The van der Waals surface area contributed by atoms with E-state index >= 15 is 0 Å². The van der Waals surface area contributed by atoms with Crippen LogP contribution in [0, 0.1) is 6.92 Å². The molecule has 1 aliphatic rings. The molecule has 0 aliphatic carbocycles. The first-order valence-electron chi connectivity index (χ1n) is 10.6. The van der Waals surface area contributed by atoms with E-state index in [1.54, 1.807) is 6.92 Å². The number of aliphatic carboxylic acids is 1. The number of sulfonamides is 1. The molecule has 3 aromatic rings. The average molecular weight is 510 g/mol. The minimum absolute atomic E-state index is 0.0186. The number of halogens is 3. The summed E-state index contributed by atoms with van der Waals surface area (Å²) in [6.45, 7) is 1.77. The van der Waals surface area contributed by atoms with Crippen molar-refractivity contribution < 1.29 is 40.6 Å². The Labute approximate surface area is 199 Å². The topological polar surface area (TPSA) is 110 Å². The molecule has 0 saturated carbocycles. The molecule has 1 atom stereocenters. The smallest absolute Gasteiger partial charge is 0.416 e. The third kappa shape index (κ3) is 5.17. The number of carboxylic acids is 1. The monoisotopic (exact) mass is 510 g/mol. The highest BCUT2D eigenvalue weighted by atomic mass is 32.2. The number of aryl methyl sites for hydroxylation is 1. The molecular formula is C23H21F3N2O6S. The summed E-state index contributed by atoms with van der Waals surface area (Å²) in [5.74, 6) is -0.258. The number of oxazole rings is 1. The number of ether oxygens (including phenoxy) is 1. The largest absolute Gasteiger partial charge is 0.487 e. The summed E-state index contributed by atoms with van der Waals surface area (Å²) in [5, 5.41) is 9.27. The number of nitrogens with zero attached hydrogens (tertiary/aromatic N) is 2. The van der Waals surface area contributed by atoms with Crippen molar-refractivity contribution in [3.8, 4) is 17.2 Å². The zero-order valence-electron chi connectivity index (χ0n) is 18.4. The zero-order chi connectivity index (χ0) is 25.4. The minimum Gasteiger partial charge on any atom is -0.487 e. The highest BCUT2D eigenvalue weighted by molar-refractivity contribution is 7.89. The highest BCUT2D eigenvalue weighted by Crippen LogP contribution is 2.32. The van der Waals surface area contributed by atoms with Crippen molar-refractivity contribution in [3.05, 3.63) is 65.5 Å². The van der Waals surface area contributed by atoms with Crippen molar-refractivity contribution in [3.63, 3.8) is 0 Å². The van der Waals surface area contributed by atoms with Gasteiger partial charge in [-0.2, -0.15) is 17.5 Å². The van der Waals surface area contributed by atoms with Crippen molar-refractivity contribution >= 4 is 16.0 Å². The maximum absolute atomic E-state index is 12.8. The first-order valence-corrected chi connectivity index (χ1v) is 12.0. The Balaban J connectivity index is 1.43. The maximum atomic E-state index is 12.8. The van der Waals surface area contributed by atoms with Gasteiger partial charge >= 0.3 is 12.1 Å². The fraction of sp³-hybridized carbons (Fsp3) is 0.304. The van der Waals surface area contributed by atoms with Gasteiger partial charge in [0, 0.05) is 12.1 Å². The number of carboxylic acid groups (broad SMARTS) is 1. The zero-order valence-corrected chi connectivity index (χ0v) is 19.3. The molecule has 0 bridgehead atoms. The van der Waals surface area contributed by atoms with E-state index in [1.807, 2.05) is 0 Å². The van der Waals surface area contributed by atoms with Gasteiger partial charge in [-0.15, -0.1) is 0 Å². The fourth-order valence-electron chi connectivity index (χ4n) is 3.76. The van der Waals surface area contributed by atoms with Crippen LogP contribution in [0.25, 0.3) is 11.5 Å². The van der Waals surface area contributed by atoms with Crippen LogP contribution in [0.4, 0.5) is 13.2 Å². The lowest BCUT2D eigenvalue weighted by molar-refractivity contribution is -0.140. The van der Waals surface area contributed by atoms with Crippen LogP contribution in [0.3, 0.4) is 0 Å². The highest BCUT2D eigenvalue weighted by Gasteiger charge is 2.39. The predicted molar refractivity (Wildman–Crippen MR) is 117 cm³/mol. The summed E-state index contributed by atoms with van der Waals surface area (Å²) in [6.07, 6.45) is -3.70. The molecule has 1 saturated heterocycles. The normalized spacial score (nSPS) is 17.0. The van der Waals surface area contributed by atoms with Crippen molar-refractivity contribution in [1.82, 2.24) is 9.29 Å². The van der Waals surface area contributed by atoms with Gasteiger partial charge in [-0.3, -0.25) is 4.79 Å². The Morgan fingerprint density at radius 2 is 1.83 bits per heavy atom. The van der Waals surface area contributed by atoms with Crippen molar-refractivity contribution in [2.24, 2.45) is 0 Å². The molecule has 2 heterocycles. The molecule has 1 N–H and O–H groups in total. The summed E-state index contributed by atoms with van der Waals surface area (Å²) in [6, 6.07) is 8.93. The lowest BCUT2D eigenvalue weighted by atomic mass is 10.1. The van der Waals surface area contributed by atoms with E-state index in [2.05, 4.69) is 4.98 Å². The third-order valence-corrected chi connectivity index (χ3v) is 7.57. The lowest BCUT2D eigenvalue weighted by Gasteiger charge is -2.21. The van der Waals surface area contributed by atoms with Crippen LogP contribution in [0.15, 0.2) is 57.8 Å². The first-order chi connectivity index (χ1) is 16.5. The van der Waals surface area contributed by atoms with Crippen molar-refractivity contribution in [1.29, 1.82) is 0 Å². The Bertz CT molecular complexity index is 1320. The van der Waals surface area contributed by atoms with Gasteiger partial charge in [0.25, 0.3) is 0 Å². The number of carbonyl (C=O) groups is 1. The quantitative estimate of drug-likeness (QED) is 0.499. The molecule has 186 valence electrons. The van der Waals surface area contributed by atoms with Crippen LogP contribution < -0.4 is 4.74 Å². The summed E-state index contributed by atoms with van der Waals surface area (Å²) < 4.78 is 76.2. The Kier molecular flexibility index (Phi) is 6.60. The number of rotatable bonds is 7. The van der Waals surface area contributed by atoms with Crippen molar-refractivity contribution in [2.75, 3.05) is 6.54 Å². The van der Waals surface area contributed by atoms with Gasteiger partial charge in [0.15, 0.2) is 0 Å². The fourth-order valence-corrected chi connectivity index (χ4v) is 5.41. The molecule has 2 aromatic carbocycles. The van der Waals surface area contributed by atoms with Gasteiger partial charge in [-0.25, -0.2) is 13.4 Å². The molecule has 1 fully saturated rings. The van der Waals surface area contributed by atoms with Gasteiger partial charge in [0.05, 0.1) is 10.5 Å². The summed E-state index contributed by atoms with van der Waals surface area (Å²) in [4.78, 5) is 15.6.